The van der Waals surface area contributed by atoms with Crippen LogP contribution in [0.4, 0.5) is 15.2 Å². The Morgan fingerprint density at radius 2 is 1.89 bits per heavy atom. The van der Waals surface area contributed by atoms with Crippen molar-refractivity contribution in [3.63, 3.8) is 0 Å². The zero-order valence-electron chi connectivity index (χ0n) is 20.0. The average Bonchev–Trinajstić information content (AvgIpc) is 3.30. The van der Waals surface area contributed by atoms with Gasteiger partial charge in [-0.25, -0.2) is 9.37 Å². The van der Waals surface area contributed by atoms with Crippen LogP contribution in [0.25, 0.3) is 6.08 Å². The molecule has 0 unspecified atom stereocenters. The number of aryl methyl sites for hydroxylation is 2. The minimum atomic E-state index is -0.505. The molecule has 0 bridgehead atoms. The van der Waals surface area contributed by atoms with Crippen LogP contribution in [0.1, 0.15) is 36.6 Å². The third-order valence-electron chi connectivity index (χ3n) is 6.04. The van der Waals surface area contributed by atoms with Gasteiger partial charge in [-0.1, -0.05) is 18.2 Å². The Morgan fingerprint density at radius 3 is 2.57 bits per heavy atom. The molecule has 1 aliphatic heterocycles. The van der Waals surface area contributed by atoms with Gasteiger partial charge in [0.25, 0.3) is 0 Å². The highest BCUT2D eigenvalue weighted by Gasteiger charge is 2.23. The zero-order valence-corrected chi connectivity index (χ0v) is 20.8. The molecule has 8 heteroatoms. The lowest BCUT2D eigenvalue weighted by Gasteiger charge is -2.31. The average molecular weight is 494 g/mol. The number of likely N-dealkylation sites (tertiary alicyclic amines) is 1. The molecule has 0 N–H and O–H groups in total. The maximum absolute atomic E-state index is 14.2. The second kappa shape index (κ2) is 10.8. The van der Waals surface area contributed by atoms with E-state index < -0.39 is 5.82 Å². The number of halogens is 1. The molecule has 35 heavy (non-hydrogen) atoms. The second-order valence-electron chi connectivity index (χ2n) is 8.58. The molecule has 0 spiro atoms. The molecule has 1 saturated heterocycles. The van der Waals surface area contributed by atoms with Crippen LogP contribution in [0, 0.1) is 19.7 Å². The Labute approximate surface area is 208 Å². The number of thiazole rings is 1. The van der Waals surface area contributed by atoms with Gasteiger partial charge < -0.3 is 9.64 Å². The summed E-state index contributed by atoms with van der Waals surface area (Å²) in [6.45, 7) is 6.74. The number of rotatable bonds is 6. The van der Waals surface area contributed by atoms with Gasteiger partial charge in [0.1, 0.15) is 17.7 Å². The van der Waals surface area contributed by atoms with Crippen LogP contribution in [-0.4, -0.2) is 40.9 Å². The summed E-state index contributed by atoms with van der Waals surface area (Å²) in [5, 5.41) is 2.08. The number of aromatic nitrogens is 1. The van der Waals surface area contributed by atoms with Gasteiger partial charge in [-0.05, 0) is 55.3 Å². The highest BCUT2D eigenvalue weighted by atomic mass is 32.1. The van der Waals surface area contributed by atoms with E-state index in [1.54, 1.807) is 28.5 Å². The number of carbonyl (C=O) groups excluding carboxylic acids is 2. The first-order chi connectivity index (χ1) is 16.8. The number of hydrogen-bond acceptors (Lipinski definition) is 5. The molecule has 2 amide bonds. The molecule has 3 aromatic rings. The summed E-state index contributed by atoms with van der Waals surface area (Å²) in [4.78, 5) is 32.3. The molecule has 182 valence electrons. The lowest BCUT2D eigenvalue weighted by atomic mass is 10.1. The summed E-state index contributed by atoms with van der Waals surface area (Å²) in [5.74, 6) is -0.0779. The minimum Gasteiger partial charge on any atom is -0.490 e. The van der Waals surface area contributed by atoms with Crippen molar-refractivity contribution < 1.29 is 18.7 Å². The van der Waals surface area contributed by atoms with E-state index in [2.05, 4.69) is 31.0 Å². The number of anilines is 2. The predicted molar refractivity (Wildman–Crippen MR) is 137 cm³/mol. The van der Waals surface area contributed by atoms with E-state index in [1.807, 2.05) is 6.07 Å². The van der Waals surface area contributed by atoms with Gasteiger partial charge in [-0.15, -0.1) is 11.3 Å². The summed E-state index contributed by atoms with van der Waals surface area (Å²) in [5.41, 5.74) is 3.12. The van der Waals surface area contributed by atoms with E-state index in [4.69, 9.17) is 4.74 Å². The van der Waals surface area contributed by atoms with Crippen molar-refractivity contribution in [1.29, 1.82) is 0 Å². The van der Waals surface area contributed by atoms with Gasteiger partial charge in [0.2, 0.25) is 11.8 Å². The van der Waals surface area contributed by atoms with E-state index in [0.29, 0.717) is 23.9 Å². The topological polar surface area (TPSA) is 62.7 Å². The van der Waals surface area contributed by atoms with Crippen LogP contribution in [0.5, 0.6) is 5.75 Å². The molecule has 4 rings (SSSR count). The maximum Gasteiger partial charge on any atom is 0.246 e. The summed E-state index contributed by atoms with van der Waals surface area (Å²) in [6, 6.07) is 12.2. The predicted octanol–water partition coefficient (Wildman–Crippen LogP) is 5.67. The Kier molecular flexibility index (Phi) is 7.60. The number of amides is 2. The molecule has 2 heterocycles. The fourth-order valence-corrected chi connectivity index (χ4v) is 4.78. The molecule has 0 aliphatic carbocycles. The smallest absolute Gasteiger partial charge is 0.246 e. The second-order valence-corrected chi connectivity index (χ2v) is 9.42. The van der Waals surface area contributed by atoms with Crippen LogP contribution in [-0.2, 0) is 9.59 Å². The molecule has 0 saturated carbocycles. The van der Waals surface area contributed by atoms with Gasteiger partial charge in [0, 0.05) is 44.3 Å². The number of piperidine rings is 1. The van der Waals surface area contributed by atoms with E-state index >= 15 is 0 Å². The summed E-state index contributed by atoms with van der Waals surface area (Å²) >= 11 is 1.21. The van der Waals surface area contributed by atoms with Gasteiger partial charge in [-0.3, -0.25) is 14.5 Å². The third kappa shape index (κ3) is 5.95. The first kappa shape index (κ1) is 24.6. The zero-order chi connectivity index (χ0) is 24.9. The van der Waals surface area contributed by atoms with E-state index in [1.165, 1.54) is 52.5 Å². The molecule has 0 radical (unpaired) electrons. The standard InChI is InChI=1S/C27H28FN3O3S/c1-18-8-10-23(16-19(18)2)34-22-12-14-30(15-13-22)26(33)11-9-21-17-35-27(29-21)31(20(3)32)25-7-5-4-6-24(25)28/h4-11,16-17,22H,12-15H2,1-3H3/b11-9+. The van der Waals surface area contributed by atoms with Gasteiger partial charge >= 0.3 is 0 Å². The van der Waals surface area contributed by atoms with Crippen molar-refractivity contribution in [2.75, 3.05) is 18.0 Å². The largest absolute Gasteiger partial charge is 0.490 e. The summed E-state index contributed by atoms with van der Waals surface area (Å²) in [7, 11) is 0. The van der Waals surface area contributed by atoms with Crippen molar-refractivity contribution in [1.82, 2.24) is 9.88 Å². The first-order valence-electron chi connectivity index (χ1n) is 11.5. The first-order valence-corrected chi connectivity index (χ1v) is 12.4. The van der Waals surface area contributed by atoms with Crippen LogP contribution in [0.15, 0.2) is 53.9 Å². The number of benzene rings is 2. The van der Waals surface area contributed by atoms with Crippen molar-refractivity contribution in [2.45, 2.75) is 39.7 Å². The molecule has 6 nitrogen and oxygen atoms in total. The number of carbonyl (C=O) groups is 2. The van der Waals surface area contributed by atoms with E-state index in [0.717, 1.165) is 18.6 Å². The molecule has 1 aromatic heterocycles. The number of para-hydroxylation sites is 1. The quantitative estimate of drug-likeness (QED) is 0.415. The molecule has 0 atom stereocenters. The molecule has 2 aromatic carbocycles. The highest BCUT2D eigenvalue weighted by Crippen LogP contribution is 2.31. The fourth-order valence-electron chi connectivity index (χ4n) is 3.93. The van der Waals surface area contributed by atoms with Gasteiger partial charge in [0.05, 0.1) is 11.4 Å². The normalized spacial score (nSPS) is 14.3. The summed E-state index contributed by atoms with van der Waals surface area (Å²) in [6.07, 6.45) is 4.74. The van der Waals surface area contributed by atoms with E-state index in [9.17, 15) is 14.0 Å². The Balaban J connectivity index is 1.34. The van der Waals surface area contributed by atoms with Crippen molar-refractivity contribution >= 4 is 40.0 Å². The van der Waals surface area contributed by atoms with Gasteiger partial charge in [-0.2, -0.15) is 0 Å². The Hall–Kier alpha value is -3.52. The fraction of sp³-hybridized carbons (Fsp3) is 0.296. The lowest BCUT2D eigenvalue weighted by molar-refractivity contribution is -0.127. The van der Waals surface area contributed by atoms with Crippen LogP contribution in [0.2, 0.25) is 0 Å². The molecular formula is C27H28FN3O3S. The van der Waals surface area contributed by atoms with Crippen molar-refractivity contribution in [3.05, 3.63) is 76.6 Å². The molecular weight excluding hydrogens is 465 g/mol. The minimum absolute atomic E-state index is 0.0854. The van der Waals surface area contributed by atoms with Crippen molar-refractivity contribution in [2.24, 2.45) is 0 Å². The highest BCUT2D eigenvalue weighted by molar-refractivity contribution is 7.14. The monoisotopic (exact) mass is 493 g/mol. The van der Waals surface area contributed by atoms with Crippen LogP contribution in [0.3, 0.4) is 0 Å². The Bertz CT molecular complexity index is 1250. The molecule has 1 fully saturated rings. The Morgan fingerprint density at radius 1 is 1.14 bits per heavy atom. The SMILES string of the molecule is CC(=O)N(c1nc(/C=C/C(=O)N2CCC(Oc3ccc(C)c(C)c3)CC2)cs1)c1ccccc1F. The van der Waals surface area contributed by atoms with Gasteiger partial charge in [0.15, 0.2) is 5.13 Å². The third-order valence-corrected chi connectivity index (χ3v) is 6.88. The number of ether oxygens (including phenoxy) is 1. The number of hydrogen-bond donors (Lipinski definition) is 0. The van der Waals surface area contributed by atoms with Crippen LogP contribution < -0.4 is 9.64 Å². The number of nitrogens with zero attached hydrogens (tertiary/aromatic N) is 3. The van der Waals surface area contributed by atoms with Crippen molar-refractivity contribution in [3.8, 4) is 5.75 Å². The van der Waals surface area contributed by atoms with Crippen LogP contribution >= 0.6 is 11.3 Å². The van der Waals surface area contributed by atoms with E-state index in [-0.39, 0.29) is 23.6 Å². The lowest BCUT2D eigenvalue weighted by Crippen LogP contribution is -2.41. The summed E-state index contributed by atoms with van der Waals surface area (Å²) < 4.78 is 20.4. The molecule has 1 aliphatic rings. The maximum atomic E-state index is 14.2.